The third kappa shape index (κ3) is 3.78. The fourth-order valence-electron chi connectivity index (χ4n) is 1.88. The maximum absolute atomic E-state index is 6.14. The minimum absolute atomic E-state index is 0.446. The highest BCUT2D eigenvalue weighted by Gasteiger charge is 2.13. The van der Waals surface area contributed by atoms with Crippen molar-refractivity contribution in [2.24, 2.45) is 5.73 Å². The molecule has 0 amide bonds. The summed E-state index contributed by atoms with van der Waals surface area (Å²) < 4.78 is 0. The first-order valence-corrected chi connectivity index (χ1v) is 6.20. The Kier molecular flexibility index (Phi) is 5.81. The molecule has 0 bridgehead atoms. The molecule has 3 heteroatoms. The van der Waals surface area contributed by atoms with E-state index in [2.05, 4.69) is 24.9 Å². The van der Waals surface area contributed by atoms with Crippen molar-refractivity contribution >= 4 is 11.6 Å². The first-order valence-electron chi connectivity index (χ1n) is 5.82. The van der Waals surface area contributed by atoms with Gasteiger partial charge in [-0.05, 0) is 25.1 Å². The number of nitrogens with zero attached hydrogens (tertiary/aromatic N) is 1. The SMILES string of the molecule is CCCC(CN)N(C)Cc1ccccc1Cl. The molecule has 1 unspecified atom stereocenters. The van der Waals surface area contributed by atoms with Crippen LogP contribution >= 0.6 is 11.6 Å². The van der Waals surface area contributed by atoms with Gasteiger partial charge >= 0.3 is 0 Å². The molecule has 0 saturated heterocycles. The van der Waals surface area contributed by atoms with Gasteiger partial charge in [-0.15, -0.1) is 0 Å². The summed E-state index contributed by atoms with van der Waals surface area (Å²) in [7, 11) is 2.11. The molecule has 0 fully saturated rings. The highest BCUT2D eigenvalue weighted by Crippen LogP contribution is 2.18. The molecule has 90 valence electrons. The molecule has 2 N–H and O–H groups in total. The number of nitrogens with two attached hydrogens (primary N) is 1. The lowest BCUT2D eigenvalue weighted by Gasteiger charge is -2.27. The van der Waals surface area contributed by atoms with Crippen LogP contribution in [-0.4, -0.2) is 24.5 Å². The summed E-state index contributed by atoms with van der Waals surface area (Å²) in [6, 6.07) is 8.42. The molecule has 0 saturated carbocycles. The van der Waals surface area contributed by atoms with Crippen LogP contribution in [0.5, 0.6) is 0 Å². The van der Waals surface area contributed by atoms with E-state index in [9.17, 15) is 0 Å². The number of likely N-dealkylation sites (N-methyl/N-ethyl adjacent to an activating group) is 1. The molecule has 0 heterocycles. The van der Waals surface area contributed by atoms with Gasteiger partial charge in [0.15, 0.2) is 0 Å². The van der Waals surface area contributed by atoms with Crippen LogP contribution in [0.4, 0.5) is 0 Å². The maximum atomic E-state index is 6.14. The Morgan fingerprint density at radius 2 is 2.06 bits per heavy atom. The molecule has 0 radical (unpaired) electrons. The number of hydrogen-bond donors (Lipinski definition) is 1. The van der Waals surface area contributed by atoms with E-state index in [1.54, 1.807) is 0 Å². The third-order valence-corrected chi connectivity index (χ3v) is 3.26. The molecule has 0 aliphatic carbocycles. The average Bonchev–Trinajstić information content (AvgIpc) is 2.29. The molecule has 0 spiro atoms. The van der Waals surface area contributed by atoms with Gasteiger partial charge in [-0.3, -0.25) is 4.90 Å². The number of benzene rings is 1. The van der Waals surface area contributed by atoms with Crippen LogP contribution in [0.3, 0.4) is 0 Å². The van der Waals surface area contributed by atoms with Crippen LogP contribution in [0.1, 0.15) is 25.3 Å². The van der Waals surface area contributed by atoms with Gasteiger partial charge in [0.2, 0.25) is 0 Å². The maximum Gasteiger partial charge on any atom is 0.0451 e. The Hall–Kier alpha value is -0.570. The first-order chi connectivity index (χ1) is 7.69. The second-order valence-electron chi connectivity index (χ2n) is 4.18. The second kappa shape index (κ2) is 6.89. The zero-order chi connectivity index (χ0) is 12.0. The van der Waals surface area contributed by atoms with Crippen LogP contribution in [0, 0.1) is 0 Å². The van der Waals surface area contributed by atoms with Crippen molar-refractivity contribution in [3.63, 3.8) is 0 Å². The first kappa shape index (κ1) is 13.5. The number of hydrogen-bond acceptors (Lipinski definition) is 2. The number of rotatable bonds is 6. The van der Waals surface area contributed by atoms with Crippen molar-refractivity contribution in [1.82, 2.24) is 4.90 Å². The van der Waals surface area contributed by atoms with E-state index in [0.29, 0.717) is 12.6 Å². The van der Waals surface area contributed by atoms with Gasteiger partial charge < -0.3 is 5.73 Å². The summed E-state index contributed by atoms with van der Waals surface area (Å²) in [4.78, 5) is 2.28. The highest BCUT2D eigenvalue weighted by molar-refractivity contribution is 6.31. The predicted octanol–water partition coefficient (Wildman–Crippen LogP) is 2.90. The lowest BCUT2D eigenvalue weighted by atomic mass is 10.1. The zero-order valence-corrected chi connectivity index (χ0v) is 10.9. The molecular formula is C13H21ClN2. The van der Waals surface area contributed by atoms with E-state index >= 15 is 0 Å². The zero-order valence-electron chi connectivity index (χ0n) is 10.1. The lowest BCUT2D eigenvalue weighted by Crippen LogP contribution is -2.37. The normalized spacial score (nSPS) is 13.1. The average molecular weight is 241 g/mol. The van der Waals surface area contributed by atoms with E-state index in [1.807, 2.05) is 18.2 Å². The molecule has 1 aromatic rings. The van der Waals surface area contributed by atoms with Crippen molar-refractivity contribution in [3.8, 4) is 0 Å². The monoisotopic (exact) mass is 240 g/mol. The molecule has 0 aromatic heterocycles. The summed E-state index contributed by atoms with van der Waals surface area (Å²) in [5.41, 5.74) is 6.94. The molecule has 0 aliphatic rings. The van der Waals surface area contributed by atoms with Crippen LogP contribution in [0.2, 0.25) is 5.02 Å². The minimum Gasteiger partial charge on any atom is -0.329 e. The van der Waals surface area contributed by atoms with E-state index in [0.717, 1.165) is 24.4 Å². The van der Waals surface area contributed by atoms with Crippen molar-refractivity contribution < 1.29 is 0 Å². The summed E-state index contributed by atoms with van der Waals surface area (Å²) in [6.45, 7) is 3.75. The van der Waals surface area contributed by atoms with Crippen LogP contribution in [0.15, 0.2) is 24.3 Å². The van der Waals surface area contributed by atoms with Gasteiger partial charge in [0.05, 0.1) is 0 Å². The summed E-state index contributed by atoms with van der Waals surface area (Å²) >= 11 is 6.14. The lowest BCUT2D eigenvalue weighted by molar-refractivity contribution is 0.226. The van der Waals surface area contributed by atoms with Crippen molar-refractivity contribution in [1.29, 1.82) is 0 Å². The van der Waals surface area contributed by atoms with Crippen LogP contribution in [-0.2, 0) is 6.54 Å². The van der Waals surface area contributed by atoms with E-state index in [4.69, 9.17) is 17.3 Å². The molecule has 16 heavy (non-hydrogen) atoms. The molecule has 2 nitrogen and oxygen atoms in total. The molecule has 1 rings (SSSR count). The Labute approximate surface area is 103 Å². The standard InChI is InChI=1S/C13H21ClN2/c1-3-6-12(9-15)16(2)10-11-7-4-5-8-13(11)14/h4-5,7-8,12H,3,6,9-10,15H2,1-2H3. The Balaban J connectivity index is 2.62. The molecule has 1 aromatic carbocycles. The summed E-state index contributed by atoms with van der Waals surface area (Å²) in [5.74, 6) is 0. The smallest absolute Gasteiger partial charge is 0.0451 e. The van der Waals surface area contributed by atoms with Crippen molar-refractivity contribution in [2.45, 2.75) is 32.4 Å². The van der Waals surface area contributed by atoms with Gasteiger partial charge in [-0.2, -0.15) is 0 Å². The Morgan fingerprint density at radius 3 is 2.62 bits per heavy atom. The quantitative estimate of drug-likeness (QED) is 0.829. The van der Waals surface area contributed by atoms with Gasteiger partial charge in [0, 0.05) is 24.2 Å². The van der Waals surface area contributed by atoms with Gasteiger partial charge in [0.25, 0.3) is 0 Å². The molecule has 1 atom stereocenters. The van der Waals surface area contributed by atoms with Crippen LogP contribution < -0.4 is 5.73 Å². The van der Waals surface area contributed by atoms with Crippen molar-refractivity contribution in [3.05, 3.63) is 34.9 Å². The molecule has 0 aliphatic heterocycles. The Morgan fingerprint density at radius 1 is 1.38 bits per heavy atom. The van der Waals surface area contributed by atoms with E-state index in [-0.39, 0.29) is 0 Å². The summed E-state index contributed by atoms with van der Waals surface area (Å²) in [5, 5.41) is 0.835. The van der Waals surface area contributed by atoms with Crippen molar-refractivity contribution in [2.75, 3.05) is 13.6 Å². The van der Waals surface area contributed by atoms with Gasteiger partial charge in [-0.1, -0.05) is 43.1 Å². The molecular weight excluding hydrogens is 220 g/mol. The summed E-state index contributed by atoms with van der Waals surface area (Å²) in [6.07, 6.45) is 2.30. The van der Waals surface area contributed by atoms with Crippen LogP contribution in [0.25, 0.3) is 0 Å². The largest absolute Gasteiger partial charge is 0.329 e. The van der Waals surface area contributed by atoms with E-state index < -0.39 is 0 Å². The minimum atomic E-state index is 0.446. The van der Waals surface area contributed by atoms with Gasteiger partial charge in [-0.25, -0.2) is 0 Å². The fourth-order valence-corrected chi connectivity index (χ4v) is 2.07. The third-order valence-electron chi connectivity index (χ3n) is 2.89. The van der Waals surface area contributed by atoms with Gasteiger partial charge in [0.1, 0.15) is 0 Å². The predicted molar refractivity (Wildman–Crippen MR) is 70.7 cm³/mol. The highest BCUT2D eigenvalue weighted by atomic mass is 35.5. The topological polar surface area (TPSA) is 29.3 Å². The fraction of sp³-hybridized carbons (Fsp3) is 0.538. The van der Waals surface area contributed by atoms with E-state index in [1.165, 1.54) is 5.56 Å². The number of halogens is 1. The Bertz CT molecular complexity index is 315. The second-order valence-corrected chi connectivity index (χ2v) is 4.59.